The van der Waals surface area contributed by atoms with Gasteiger partial charge in [0, 0.05) is 37.5 Å². The van der Waals surface area contributed by atoms with Crippen molar-refractivity contribution in [1.82, 2.24) is 9.55 Å². The number of carbonyl (C=O) groups is 2. The number of Topliss-reactive ketones (excluding diaryl/α,β-unsaturated/α-hetero) is 1. The van der Waals surface area contributed by atoms with E-state index in [1.54, 1.807) is 14.0 Å². The quantitative estimate of drug-likeness (QED) is 0.490. The van der Waals surface area contributed by atoms with E-state index in [1.165, 1.54) is 4.57 Å². The van der Waals surface area contributed by atoms with E-state index in [4.69, 9.17) is 9.47 Å². The maximum absolute atomic E-state index is 13.4. The molecule has 0 saturated carbocycles. The van der Waals surface area contributed by atoms with Gasteiger partial charge >= 0.3 is 5.97 Å². The van der Waals surface area contributed by atoms with Gasteiger partial charge in [0.15, 0.2) is 11.5 Å². The first-order valence-corrected chi connectivity index (χ1v) is 12.3. The van der Waals surface area contributed by atoms with E-state index in [1.807, 2.05) is 53.4 Å². The third kappa shape index (κ3) is 4.17. The molecule has 2 heterocycles. The molecule has 8 nitrogen and oxygen atoms in total. The number of benzene rings is 2. The number of ketones is 1. The predicted octanol–water partition coefficient (Wildman–Crippen LogP) is 3.66. The second-order valence-corrected chi connectivity index (χ2v) is 9.36. The Labute approximate surface area is 209 Å². The molecule has 5 rings (SSSR count). The van der Waals surface area contributed by atoms with E-state index in [0.29, 0.717) is 25.5 Å². The smallest absolute Gasteiger partial charge is 0.361 e. The summed E-state index contributed by atoms with van der Waals surface area (Å²) in [5.74, 6) is -0.229. The molecule has 0 N–H and O–H groups in total. The number of ether oxygens (including phenoxy) is 2. The number of esters is 1. The Morgan fingerprint density at radius 3 is 2.44 bits per heavy atom. The summed E-state index contributed by atoms with van der Waals surface area (Å²) >= 11 is 0. The van der Waals surface area contributed by atoms with E-state index in [-0.39, 0.29) is 35.9 Å². The Morgan fingerprint density at radius 1 is 1.03 bits per heavy atom. The normalized spacial score (nSPS) is 16.2. The highest BCUT2D eigenvalue weighted by atomic mass is 16.5. The Hall–Kier alpha value is -3.94. The first-order valence-electron chi connectivity index (χ1n) is 12.3. The first-order chi connectivity index (χ1) is 17.4. The molecule has 2 aliphatic rings. The summed E-state index contributed by atoms with van der Waals surface area (Å²) in [6, 6.07) is 17.3. The van der Waals surface area contributed by atoms with Gasteiger partial charge in [0.25, 0.3) is 5.56 Å². The average molecular weight is 488 g/mol. The zero-order chi connectivity index (χ0) is 25.3. The van der Waals surface area contributed by atoms with Crippen molar-refractivity contribution in [2.45, 2.75) is 38.2 Å². The lowest BCUT2D eigenvalue weighted by Gasteiger charge is -2.40. The van der Waals surface area contributed by atoms with Crippen LogP contribution in [0.2, 0.25) is 0 Å². The first kappa shape index (κ1) is 23.8. The zero-order valence-electron chi connectivity index (χ0n) is 20.5. The molecule has 186 valence electrons. The molecule has 1 aliphatic heterocycles. The number of piperidine rings is 1. The lowest BCUT2D eigenvalue weighted by molar-refractivity contribution is 0.0512. The van der Waals surface area contributed by atoms with Crippen LogP contribution in [0.15, 0.2) is 59.4 Å². The van der Waals surface area contributed by atoms with Crippen LogP contribution < -0.4 is 15.2 Å². The van der Waals surface area contributed by atoms with Gasteiger partial charge in [0.1, 0.15) is 6.61 Å². The van der Waals surface area contributed by atoms with Gasteiger partial charge < -0.3 is 14.4 Å². The molecule has 1 aliphatic carbocycles. The van der Waals surface area contributed by atoms with Crippen LogP contribution in [0.3, 0.4) is 0 Å². The number of fused-ring (bicyclic) bond motifs is 2. The van der Waals surface area contributed by atoms with E-state index in [9.17, 15) is 14.4 Å². The maximum atomic E-state index is 13.4. The Bertz CT molecular complexity index is 1360. The molecule has 1 aromatic heterocycles. The predicted molar refractivity (Wildman–Crippen MR) is 135 cm³/mol. The number of anilines is 1. The van der Waals surface area contributed by atoms with Crippen molar-refractivity contribution < 1.29 is 19.1 Å². The van der Waals surface area contributed by atoms with Crippen LogP contribution in [-0.4, -0.2) is 41.0 Å². The van der Waals surface area contributed by atoms with Gasteiger partial charge in [0.05, 0.1) is 6.61 Å². The lowest BCUT2D eigenvalue weighted by atomic mass is 9.74. The van der Waals surface area contributed by atoms with Crippen molar-refractivity contribution in [3.05, 3.63) is 87.3 Å². The van der Waals surface area contributed by atoms with Gasteiger partial charge in [-0.25, -0.2) is 9.78 Å². The van der Waals surface area contributed by atoms with Gasteiger partial charge in [-0.15, -0.1) is 0 Å². The average Bonchev–Trinajstić information content (AvgIpc) is 3.17. The van der Waals surface area contributed by atoms with Crippen molar-refractivity contribution in [3.8, 4) is 5.75 Å². The van der Waals surface area contributed by atoms with Crippen LogP contribution in [0.5, 0.6) is 5.75 Å². The van der Waals surface area contributed by atoms with Gasteiger partial charge in [-0.3, -0.25) is 14.2 Å². The molecule has 8 heteroatoms. The van der Waals surface area contributed by atoms with Gasteiger partial charge in [-0.1, -0.05) is 54.6 Å². The standard InChI is InChI=1S/C28H29N3O5/c1-3-35-26(34)23-24(36-18-19-9-5-4-6-10-19)25(33)30(2)27(29-23)31-15-13-28(14-16-31)17-22(32)20-11-7-8-12-21(20)28/h4-12H,3,13-18H2,1-2H3. The number of hydrogen-bond acceptors (Lipinski definition) is 7. The van der Waals surface area contributed by atoms with Crippen LogP contribution in [0.25, 0.3) is 0 Å². The van der Waals surface area contributed by atoms with Gasteiger partial charge in [-0.05, 0) is 30.9 Å². The second kappa shape index (κ2) is 9.60. The summed E-state index contributed by atoms with van der Waals surface area (Å²) in [5.41, 5.74) is 2.06. The molecular formula is C28H29N3O5. The SMILES string of the molecule is CCOC(=O)c1nc(N2CCC3(CC2)CC(=O)c2ccccc23)n(C)c(=O)c1OCc1ccccc1. The third-order valence-electron chi connectivity index (χ3n) is 7.22. The molecule has 0 radical (unpaired) electrons. The van der Waals surface area contributed by atoms with E-state index >= 15 is 0 Å². The molecule has 1 spiro atoms. The topological polar surface area (TPSA) is 90.7 Å². The molecule has 1 saturated heterocycles. The summed E-state index contributed by atoms with van der Waals surface area (Å²) in [5, 5.41) is 0. The fraction of sp³-hybridized carbons (Fsp3) is 0.357. The molecule has 0 bridgehead atoms. The lowest BCUT2D eigenvalue weighted by Crippen LogP contribution is -2.44. The summed E-state index contributed by atoms with van der Waals surface area (Å²) in [4.78, 5) is 45.4. The minimum Gasteiger partial charge on any atom is -0.481 e. The number of nitrogens with zero attached hydrogens (tertiary/aromatic N) is 3. The van der Waals surface area contributed by atoms with Crippen molar-refractivity contribution in [1.29, 1.82) is 0 Å². The van der Waals surface area contributed by atoms with E-state index in [2.05, 4.69) is 11.1 Å². The second-order valence-electron chi connectivity index (χ2n) is 9.36. The molecule has 36 heavy (non-hydrogen) atoms. The molecule has 2 aromatic carbocycles. The highest BCUT2D eigenvalue weighted by molar-refractivity contribution is 6.02. The molecular weight excluding hydrogens is 458 g/mol. The molecule has 0 unspecified atom stereocenters. The van der Waals surface area contributed by atoms with Crippen LogP contribution in [0.4, 0.5) is 5.95 Å². The molecule has 3 aromatic rings. The summed E-state index contributed by atoms with van der Waals surface area (Å²) in [7, 11) is 1.63. The number of hydrogen-bond donors (Lipinski definition) is 0. The summed E-state index contributed by atoms with van der Waals surface area (Å²) in [6.07, 6.45) is 2.02. The van der Waals surface area contributed by atoms with Crippen molar-refractivity contribution in [2.24, 2.45) is 7.05 Å². The van der Waals surface area contributed by atoms with Crippen LogP contribution in [0.1, 0.15) is 58.2 Å². The van der Waals surface area contributed by atoms with Crippen molar-refractivity contribution in [2.75, 3.05) is 24.6 Å². The minimum absolute atomic E-state index is 0.118. The minimum atomic E-state index is -0.691. The van der Waals surface area contributed by atoms with Gasteiger partial charge in [-0.2, -0.15) is 0 Å². The Morgan fingerprint density at radius 2 is 1.72 bits per heavy atom. The van der Waals surface area contributed by atoms with Crippen molar-refractivity contribution >= 4 is 17.7 Å². The number of rotatable bonds is 6. The van der Waals surface area contributed by atoms with E-state index in [0.717, 1.165) is 29.5 Å². The Balaban J connectivity index is 1.43. The number of aromatic nitrogens is 2. The van der Waals surface area contributed by atoms with Crippen LogP contribution >= 0.6 is 0 Å². The fourth-order valence-corrected chi connectivity index (χ4v) is 5.32. The number of carbonyl (C=O) groups excluding carboxylic acids is 2. The van der Waals surface area contributed by atoms with Gasteiger partial charge in [0.2, 0.25) is 11.7 Å². The maximum Gasteiger partial charge on any atom is 0.361 e. The largest absolute Gasteiger partial charge is 0.481 e. The fourth-order valence-electron chi connectivity index (χ4n) is 5.32. The van der Waals surface area contributed by atoms with Crippen LogP contribution in [-0.2, 0) is 23.8 Å². The summed E-state index contributed by atoms with van der Waals surface area (Å²) < 4.78 is 12.4. The Kier molecular flexibility index (Phi) is 6.35. The highest BCUT2D eigenvalue weighted by Crippen LogP contribution is 2.46. The summed E-state index contributed by atoms with van der Waals surface area (Å²) in [6.45, 7) is 3.20. The van der Waals surface area contributed by atoms with E-state index < -0.39 is 11.5 Å². The van der Waals surface area contributed by atoms with Crippen molar-refractivity contribution in [3.63, 3.8) is 0 Å². The molecule has 1 fully saturated rings. The zero-order valence-corrected chi connectivity index (χ0v) is 20.5. The third-order valence-corrected chi connectivity index (χ3v) is 7.22. The monoisotopic (exact) mass is 487 g/mol. The molecule has 0 atom stereocenters. The molecule has 0 amide bonds. The van der Waals surface area contributed by atoms with Crippen LogP contribution in [0, 0.1) is 0 Å². The highest BCUT2D eigenvalue weighted by Gasteiger charge is 2.45.